The highest BCUT2D eigenvalue weighted by atomic mass is 35.7. The first-order valence-electron chi connectivity index (χ1n) is 23.3. The predicted molar refractivity (Wildman–Crippen MR) is 245 cm³/mol. The van der Waals surface area contributed by atoms with Gasteiger partial charge < -0.3 is 16.0 Å². The second-order valence-corrected chi connectivity index (χ2v) is 24.7. The molecule has 8 aliphatic carbocycles. The lowest BCUT2D eigenvalue weighted by molar-refractivity contribution is -0.141. The van der Waals surface area contributed by atoms with Gasteiger partial charge in [0.25, 0.3) is 9.05 Å². The van der Waals surface area contributed by atoms with Crippen LogP contribution in [0.4, 0.5) is 11.6 Å². The Balaban J connectivity index is 0.000000131. The molecule has 0 spiro atoms. The normalized spacial score (nSPS) is 30.4. The van der Waals surface area contributed by atoms with Crippen molar-refractivity contribution in [2.75, 3.05) is 23.7 Å². The summed E-state index contributed by atoms with van der Waals surface area (Å²) in [5.41, 5.74) is 3.34. The molecule has 2 aliphatic heterocycles. The quantitative estimate of drug-likeness (QED) is 0.158. The zero-order chi connectivity index (χ0) is 45.0. The van der Waals surface area contributed by atoms with Gasteiger partial charge in [0.1, 0.15) is 24.3 Å². The summed E-state index contributed by atoms with van der Waals surface area (Å²) in [4.78, 5) is 44.6. The molecule has 4 heterocycles. The van der Waals surface area contributed by atoms with Crippen molar-refractivity contribution >= 4 is 53.2 Å². The van der Waals surface area contributed by atoms with E-state index in [1.54, 1.807) is 54.9 Å². The minimum atomic E-state index is -3.59. The van der Waals surface area contributed by atoms with Crippen LogP contribution in [0.2, 0.25) is 0 Å². The van der Waals surface area contributed by atoms with E-state index in [1.165, 1.54) is 61.3 Å². The van der Waals surface area contributed by atoms with Crippen LogP contribution < -0.4 is 16.0 Å². The number of hydrogen-bond donors (Lipinski definition) is 3. The van der Waals surface area contributed by atoms with Gasteiger partial charge in [-0.25, -0.2) is 36.8 Å². The summed E-state index contributed by atoms with van der Waals surface area (Å²) in [5.74, 6) is 6.12. The Morgan fingerprint density at radius 1 is 0.600 bits per heavy atom. The van der Waals surface area contributed by atoms with E-state index in [2.05, 4.69) is 35.9 Å². The molecule has 0 saturated heterocycles. The van der Waals surface area contributed by atoms with Crippen LogP contribution in [0, 0.1) is 46.3 Å². The van der Waals surface area contributed by atoms with Gasteiger partial charge in [0.15, 0.2) is 0 Å². The highest BCUT2D eigenvalue weighted by Crippen LogP contribution is 2.61. The van der Waals surface area contributed by atoms with Gasteiger partial charge in [-0.05, 0) is 156 Å². The van der Waals surface area contributed by atoms with Gasteiger partial charge in [-0.2, -0.15) is 4.31 Å². The Bertz CT molecular complexity index is 2600. The van der Waals surface area contributed by atoms with E-state index < -0.39 is 19.1 Å². The maximum Gasteiger partial charge on any atom is 0.261 e. The predicted octanol–water partition coefficient (Wildman–Crippen LogP) is 7.27. The van der Waals surface area contributed by atoms with E-state index in [0.717, 1.165) is 98.4 Å². The number of rotatable bonds is 7. The Kier molecular flexibility index (Phi) is 12.1. The largest absolute Gasteiger partial charge is 0.311 e. The van der Waals surface area contributed by atoms with E-state index in [-0.39, 0.29) is 39.0 Å². The van der Waals surface area contributed by atoms with Crippen LogP contribution in [0.3, 0.4) is 0 Å². The van der Waals surface area contributed by atoms with E-state index in [4.69, 9.17) is 10.7 Å². The van der Waals surface area contributed by atoms with Gasteiger partial charge in [-0.15, -0.1) is 0 Å². The molecule has 10 aliphatic rings. The monoisotopic (exact) mass is 940 g/mol. The van der Waals surface area contributed by atoms with E-state index in [1.807, 2.05) is 0 Å². The molecular weight excluding hydrogens is 884 g/mol. The van der Waals surface area contributed by atoms with Crippen LogP contribution in [-0.4, -0.2) is 66.0 Å². The van der Waals surface area contributed by atoms with Crippen molar-refractivity contribution in [3.63, 3.8) is 0 Å². The minimum Gasteiger partial charge on any atom is -0.311 e. The standard InChI is InChI=1S/C24H28N4O3S.C18H24N4O.C6H5ClO2S/c29-23(24-11-16-8-17(12-24)10-18(9-16)13-24)27-22-20-6-7-28(14-21(20)25-15-26-22)32(30,31)19-4-2-1-3-5-19;23-17(18-6-11-3-12(7-18)5-13(4-11)8-18)22-16-14-1-2-19-9-15(14)20-10-21-16;7-10(8,9)6-4-2-1-3-5-6/h1-5,15-18H,6-14H2,(H,25,26,27,29);10-13,19H,1-9H2,(H,20,21,22,23);1-5H. The molecular formula is C48H57ClN8O6S2. The first kappa shape index (κ1) is 44.5. The Morgan fingerprint density at radius 3 is 1.48 bits per heavy atom. The average molecular weight is 942 g/mol. The molecule has 344 valence electrons. The van der Waals surface area contributed by atoms with Crippen molar-refractivity contribution < 1.29 is 26.4 Å². The van der Waals surface area contributed by atoms with Crippen LogP contribution in [0.5, 0.6) is 0 Å². The van der Waals surface area contributed by atoms with Gasteiger partial charge in [0, 0.05) is 34.9 Å². The van der Waals surface area contributed by atoms with Crippen molar-refractivity contribution in [2.45, 2.75) is 113 Å². The third-order valence-corrected chi connectivity index (χ3v) is 19.0. The lowest BCUT2D eigenvalue weighted by Gasteiger charge is -2.55. The first-order chi connectivity index (χ1) is 31.2. The number of aromatic nitrogens is 4. The fourth-order valence-electron chi connectivity index (χ4n) is 13.6. The topological polar surface area (TPSA) is 193 Å². The molecule has 3 N–H and O–H groups in total. The minimum absolute atomic E-state index is 0.108. The van der Waals surface area contributed by atoms with E-state index in [9.17, 15) is 26.4 Å². The molecule has 0 radical (unpaired) electrons. The highest BCUT2D eigenvalue weighted by molar-refractivity contribution is 8.13. The lowest BCUT2D eigenvalue weighted by Crippen LogP contribution is -2.52. The van der Waals surface area contributed by atoms with E-state index >= 15 is 0 Å². The summed E-state index contributed by atoms with van der Waals surface area (Å²) in [6, 6.07) is 16.3. The van der Waals surface area contributed by atoms with Gasteiger partial charge in [-0.1, -0.05) is 36.4 Å². The number of amides is 2. The first-order valence-corrected chi connectivity index (χ1v) is 27.0. The molecule has 2 aromatic carbocycles. The van der Waals surface area contributed by atoms with Crippen molar-refractivity contribution in [3.8, 4) is 0 Å². The number of fused-ring (bicyclic) bond motifs is 2. The summed E-state index contributed by atoms with van der Waals surface area (Å²) in [7, 11) is -2.09. The average Bonchev–Trinajstić information content (AvgIpc) is 3.29. The molecule has 65 heavy (non-hydrogen) atoms. The van der Waals surface area contributed by atoms with Crippen LogP contribution in [0.1, 0.15) is 99.6 Å². The molecule has 8 fully saturated rings. The summed E-state index contributed by atoms with van der Waals surface area (Å²) < 4.78 is 48.7. The molecule has 0 atom stereocenters. The Hall–Kier alpha value is -4.35. The molecule has 17 heteroatoms. The number of anilines is 2. The molecule has 0 unspecified atom stereocenters. The number of halogens is 1. The summed E-state index contributed by atoms with van der Waals surface area (Å²) in [6.07, 6.45) is 18.7. The van der Waals surface area contributed by atoms with Crippen LogP contribution >= 0.6 is 10.7 Å². The van der Waals surface area contributed by atoms with Crippen LogP contribution in [-0.2, 0) is 54.6 Å². The highest BCUT2D eigenvalue weighted by Gasteiger charge is 2.56. The molecule has 2 aromatic heterocycles. The second kappa shape index (κ2) is 17.7. The van der Waals surface area contributed by atoms with E-state index in [0.29, 0.717) is 42.2 Å². The third kappa shape index (κ3) is 9.09. The summed E-state index contributed by atoms with van der Waals surface area (Å²) in [6.45, 7) is 2.24. The SMILES string of the molecule is O=C(Nc1ncnc2c1CCN(S(=O)(=O)c1ccccc1)C2)C12CC3CC(CC(C3)C1)C2.O=C(Nc1ncnc2c1CCNC2)C12CC3CC(CC(C3)C1)C2.O=S(=O)(Cl)c1ccccc1. The second-order valence-electron chi connectivity index (χ2n) is 20.2. The number of hydrogen-bond acceptors (Lipinski definition) is 11. The van der Waals surface area contributed by atoms with Crippen molar-refractivity contribution in [1.82, 2.24) is 29.6 Å². The number of sulfonamides is 1. The fraction of sp³-hybridized carbons (Fsp3) is 0.542. The molecule has 14 nitrogen and oxygen atoms in total. The van der Waals surface area contributed by atoms with Crippen LogP contribution in [0.15, 0.2) is 83.1 Å². The van der Waals surface area contributed by atoms with Gasteiger partial charge >= 0.3 is 0 Å². The van der Waals surface area contributed by atoms with Gasteiger partial charge in [0.2, 0.25) is 21.8 Å². The number of benzene rings is 2. The maximum absolute atomic E-state index is 13.5. The van der Waals surface area contributed by atoms with Gasteiger partial charge in [0.05, 0.1) is 38.6 Å². The van der Waals surface area contributed by atoms with Crippen molar-refractivity contribution in [1.29, 1.82) is 0 Å². The fourth-order valence-corrected chi connectivity index (χ4v) is 15.8. The molecule has 8 bridgehead atoms. The van der Waals surface area contributed by atoms with Gasteiger partial charge in [-0.3, -0.25) is 9.59 Å². The number of carbonyl (C=O) groups excluding carboxylic acids is 2. The maximum atomic E-state index is 13.5. The summed E-state index contributed by atoms with van der Waals surface area (Å²) >= 11 is 0. The van der Waals surface area contributed by atoms with Crippen molar-refractivity contribution in [2.24, 2.45) is 46.3 Å². The summed E-state index contributed by atoms with van der Waals surface area (Å²) in [5, 5.41) is 9.69. The van der Waals surface area contributed by atoms with Crippen LogP contribution in [0.25, 0.3) is 0 Å². The third-order valence-electron chi connectivity index (χ3n) is 15.8. The zero-order valence-electron chi connectivity index (χ0n) is 36.5. The molecule has 8 saturated carbocycles. The zero-order valence-corrected chi connectivity index (χ0v) is 38.9. The number of carbonyl (C=O) groups is 2. The molecule has 4 aromatic rings. The lowest BCUT2D eigenvalue weighted by atomic mass is 9.49. The molecule has 14 rings (SSSR count). The number of nitrogens with one attached hydrogen (secondary N) is 3. The molecule has 2 amide bonds. The smallest absolute Gasteiger partial charge is 0.261 e. The Labute approximate surface area is 386 Å². The Morgan fingerprint density at radius 2 is 1.03 bits per heavy atom. The number of nitrogens with zero attached hydrogens (tertiary/aromatic N) is 5. The van der Waals surface area contributed by atoms with Crippen molar-refractivity contribution in [3.05, 3.63) is 95.8 Å².